The van der Waals surface area contributed by atoms with E-state index >= 15 is 0 Å². The fourth-order valence-electron chi connectivity index (χ4n) is 0.524. The minimum absolute atomic E-state index is 0.0182. The molecule has 3 heteroatoms. The van der Waals surface area contributed by atoms with Crippen LogP contribution in [0.4, 0.5) is 0 Å². The maximum atomic E-state index is 8.45. The molecule has 50 valence electrons. The largest absolute Gasteiger partial charge is 0.394 e. The number of rotatable bonds is 4. The Kier molecular flexibility index (Phi) is 4.95. The molecule has 0 bridgehead atoms. The van der Waals surface area contributed by atoms with E-state index < -0.39 is 0 Å². The van der Waals surface area contributed by atoms with E-state index in [1.807, 2.05) is 6.92 Å². The van der Waals surface area contributed by atoms with Crippen molar-refractivity contribution in [2.24, 2.45) is 5.90 Å². The lowest BCUT2D eigenvalue weighted by molar-refractivity contribution is 0.00685. The molecule has 0 aromatic carbocycles. The van der Waals surface area contributed by atoms with Gasteiger partial charge in [0.25, 0.3) is 0 Å². The van der Waals surface area contributed by atoms with E-state index in [-0.39, 0.29) is 12.7 Å². The fraction of sp³-hybridized carbons (Fsp3) is 1.00. The first-order valence-corrected chi connectivity index (χ1v) is 2.81. The Bertz CT molecular complexity index is 45.7. The summed E-state index contributed by atoms with van der Waals surface area (Å²) in [5.74, 6) is 4.81. The maximum absolute atomic E-state index is 8.45. The summed E-state index contributed by atoms with van der Waals surface area (Å²) in [6, 6.07) is 0. The highest BCUT2D eigenvalue weighted by molar-refractivity contribution is 4.50. The minimum atomic E-state index is -0.167. The molecule has 0 rings (SSSR count). The molecular formula is C5H13NO2. The van der Waals surface area contributed by atoms with Crippen molar-refractivity contribution < 1.29 is 9.94 Å². The molecular weight excluding hydrogens is 106 g/mol. The summed E-state index contributed by atoms with van der Waals surface area (Å²) in [5, 5.41) is 8.45. The number of aliphatic hydroxyl groups is 1. The summed E-state index contributed by atoms with van der Waals surface area (Å²) in [6.45, 7) is 2.03. The lowest BCUT2D eigenvalue weighted by atomic mass is 10.2. The fourth-order valence-corrected chi connectivity index (χ4v) is 0.524. The Morgan fingerprint density at radius 2 is 2.38 bits per heavy atom. The van der Waals surface area contributed by atoms with E-state index in [1.165, 1.54) is 0 Å². The Hall–Kier alpha value is -0.120. The molecule has 3 nitrogen and oxygen atoms in total. The summed E-state index contributed by atoms with van der Waals surface area (Å²) < 4.78 is 0. The zero-order valence-corrected chi connectivity index (χ0v) is 5.13. The summed E-state index contributed by atoms with van der Waals surface area (Å²) in [7, 11) is 0. The lowest BCUT2D eigenvalue weighted by Gasteiger charge is -2.07. The third kappa shape index (κ3) is 2.96. The van der Waals surface area contributed by atoms with Crippen molar-refractivity contribution in [3.05, 3.63) is 0 Å². The van der Waals surface area contributed by atoms with Crippen molar-refractivity contribution in [2.45, 2.75) is 25.9 Å². The average molecular weight is 119 g/mol. The van der Waals surface area contributed by atoms with E-state index in [0.717, 1.165) is 12.8 Å². The van der Waals surface area contributed by atoms with Gasteiger partial charge >= 0.3 is 0 Å². The lowest BCUT2D eigenvalue weighted by Crippen LogP contribution is -2.20. The van der Waals surface area contributed by atoms with Crippen molar-refractivity contribution in [2.75, 3.05) is 6.61 Å². The normalized spacial score (nSPS) is 13.9. The van der Waals surface area contributed by atoms with E-state index in [4.69, 9.17) is 11.0 Å². The number of hydrogen-bond donors (Lipinski definition) is 2. The summed E-state index contributed by atoms with van der Waals surface area (Å²) in [6.07, 6.45) is 1.65. The maximum Gasteiger partial charge on any atom is 0.102 e. The van der Waals surface area contributed by atoms with Gasteiger partial charge in [0.15, 0.2) is 0 Å². The molecule has 0 aliphatic heterocycles. The second kappa shape index (κ2) is 5.03. The van der Waals surface area contributed by atoms with E-state index in [2.05, 4.69) is 4.84 Å². The van der Waals surface area contributed by atoms with Gasteiger partial charge in [-0.05, 0) is 6.42 Å². The van der Waals surface area contributed by atoms with Crippen LogP contribution < -0.4 is 5.90 Å². The third-order valence-electron chi connectivity index (χ3n) is 1.01. The predicted molar refractivity (Wildman–Crippen MR) is 31.1 cm³/mol. The van der Waals surface area contributed by atoms with Crippen molar-refractivity contribution in [1.82, 2.24) is 0 Å². The third-order valence-corrected chi connectivity index (χ3v) is 1.01. The van der Waals surface area contributed by atoms with E-state index in [1.54, 1.807) is 0 Å². The molecule has 8 heavy (non-hydrogen) atoms. The van der Waals surface area contributed by atoms with Crippen LogP contribution in [0.1, 0.15) is 19.8 Å². The van der Waals surface area contributed by atoms with Gasteiger partial charge in [-0.1, -0.05) is 13.3 Å². The number of hydrogen-bond acceptors (Lipinski definition) is 3. The van der Waals surface area contributed by atoms with Gasteiger partial charge in [-0.15, -0.1) is 0 Å². The molecule has 0 aromatic rings. The van der Waals surface area contributed by atoms with Gasteiger partial charge in [-0.3, -0.25) is 4.84 Å². The summed E-state index contributed by atoms with van der Waals surface area (Å²) >= 11 is 0. The van der Waals surface area contributed by atoms with Crippen LogP contribution in [0.25, 0.3) is 0 Å². The van der Waals surface area contributed by atoms with Crippen LogP contribution >= 0.6 is 0 Å². The van der Waals surface area contributed by atoms with Crippen molar-refractivity contribution in [3.63, 3.8) is 0 Å². The molecule has 0 amide bonds. The second-order valence-corrected chi connectivity index (χ2v) is 1.73. The van der Waals surface area contributed by atoms with E-state index in [9.17, 15) is 0 Å². The van der Waals surface area contributed by atoms with Crippen molar-refractivity contribution in [3.8, 4) is 0 Å². The molecule has 1 unspecified atom stereocenters. The zero-order chi connectivity index (χ0) is 6.41. The predicted octanol–water partition coefficient (Wildman–Crippen LogP) is 0.0377. The first-order valence-electron chi connectivity index (χ1n) is 2.81. The summed E-state index contributed by atoms with van der Waals surface area (Å²) in [4.78, 5) is 4.39. The highest BCUT2D eigenvalue weighted by Gasteiger charge is 2.01. The van der Waals surface area contributed by atoms with Gasteiger partial charge in [0.2, 0.25) is 0 Å². The highest BCUT2D eigenvalue weighted by atomic mass is 16.6. The van der Waals surface area contributed by atoms with Crippen LogP contribution in [0.2, 0.25) is 0 Å². The van der Waals surface area contributed by atoms with Gasteiger partial charge in [0, 0.05) is 0 Å². The Morgan fingerprint density at radius 3 is 2.50 bits per heavy atom. The molecule has 0 saturated heterocycles. The van der Waals surface area contributed by atoms with E-state index in [0.29, 0.717) is 0 Å². The number of nitrogens with two attached hydrogens (primary N) is 1. The van der Waals surface area contributed by atoms with Gasteiger partial charge in [-0.25, -0.2) is 5.90 Å². The van der Waals surface area contributed by atoms with Gasteiger partial charge in [0.05, 0.1) is 6.61 Å². The van der Waals surface area contributed by atoms with Gasteiger partial charge < -0.3 is 5.11 Å². The van der Waals surface area contributed by atoms with Crippen LogP contribution in [0.15, 0.2) is 0 Å². The molecule has 0 saturated carbocycles. The van der Waals surface area contributed by atoms with Crippen LogP contribution in [-0.4, -0.2) is 17.8 Å². The Labute approximate surface area is 49.4 Å². The second-order valence-electron chi connectivity index (χ2n) is 1.73. The molecule has 0 heterocycles. The van der Waals surface area contributed by atoms with Crippen molar-refractivity contribution >= 4 is 0 Å². The van der Waals surface area contributed by atoms with Crippen LogP contribution in [0.5, 0.6) is 0 Å². The van der Waals surface area contributed by atoms with Crippen molar-refractivity contribution in [1.29, 1.82) is 0 Å². The SMILES string of the molecule is CCCC(CO)ON. The standard InChI is InChI=1S/C5H13NO2/c1-2-3-5(4-7)8-6/h5,7H,2-4,6H2,1H3. The van der Waals surface area contributed by atoms with Gasteiger partial charge in [-0.2, -0.15) is 0 Å². The summed E-state index contributed by atoms with van der Waals surface area (Å²) in [5.41, 5.74) is 0. The number of aliphatic hydroxyl groups excluding tert-OH is 1. The Balaban J connectivity index is 3.07. The molecule has 0 spiro atoms. The minimum Gasteiger partial charge on any atom is -0.394 e. The molecule has 3 N–H and O–H groups in total. The van der Waals surface area contributed by atoms with Gasteiger partial charge in [0.1, 0.15) is 6.10 Å². The molecule has 0 aliphatic rings. The van der Waals surface area contributed by atoms with Crippen LogP contribution in [-0.2, 0) is 4.84 Å². The topological polar surface area (TPSA) is 55.5 Å². The van der Waals surface area contributed by atoms with Crippen LogP contribution in [0.3, 0.4) is 0 Å². The zero-order valence-electron chi connectivity index (χ0n) is 5.13. The average Bonchev–Trinajstić information content (AvgIpc) is 1.83. The molecule has 1 atom stereocenters. The molecule has 0 aromatic heterocycles. The smallest absolute Gasteiger partial charge is 0.102 e. The first-order chi connectivity index (χ1) is 3.85. The molecule has 0 fully saturated rings. The van der Waals surface area contributed by atoms with Crippen LogP contribution in [0, 0.1) is 0 Å². The monoisotopic (exact) mass is 119 g/mol. The molecule has 0 aliphatic carbocycles. The highest BCUT2D eigenvalue weighted by Crippen LogP contribution is 1.96. The molecule has 0 radical (unpaired) electrons. The Morgan fingerprint density at radius 1 is 1.75 bits per heavy atom. The first kappa shape index (κ1) is 7.88. The quantitative estimate of drug-likeness (QED) is 0.514.